The summed E-state index contributed by atoms with van der Waals surface area (Å²) in [6.45, 7) is 0. The van der Waals surface area contributed by atoms with E-state index in [0.29, 0.717) is 21.7 Å². The van der Waals surface area contributed by atoms with Gasteiger partial charge >= 0.3 is 0 Å². The van der Waals surface area contributed by atoms with Gasteiger partial charge in [0.1, 0.15) is 0 Å². The zero-order valence-electron chi connectivity index (χ0n) is 10.7. The maximum absolute atomic E-state index is 12.6. The van der Waals surface area contributed by atoms with Crippen molar-refractivity contribution in [2.45, 2.75) is 0 Å². The molecule has 3 aromatic rings. The van der Waals surface area contributed by atoms with Crippen LogP contribution in [0.4, 0.5) is 0 Å². The molecule has 3 rings (SSSR count). The molecule has 0 amide bonds. The van der Waals surface area contributed by atoms with Crippen molar-refractivity contribution < 1.29 is 9.59 Å². The van der Waals surface area contributed by atoms with Crippen LogP contribution < -0.4 is 0 Å². The van der Waals surface area contributed by atoms with Crippen molar-refractivity contribution in [1.29, 1.82) is 0 Å². The van der Waals surface area contributed by atoms with Crippen LogP contribution in [0.1, 0.15) is 20.7 Å². The van der Waals surface area contributed by atoms with Crippen LogP contribution in [0.15, 0.2) is 53.1 Å². The average molecular weight is 363 g/mol. The van der Waals surface area contributed by atoms with E-state index in [2.05, 4.69) is 15.9 Å². The molecule has 3 nitrogen and oxygen atoms in total. The lowest BCUT2D eigenvalue weighted by Crippen LogP contribution is -2.10. The van der Waals surface area contributed by atoms with Gasteiger partial charge in [0.15, 0.2) is 6.29 Å². The van der Waals surface area contributed by atoms with Gasteiger partial charge in [0.2, 0.25) is 0 Å². The molecule has 0 bridgehead atoms. The molecular formula is C16H9BrClNO2. The molecular weight excluding hydrogens is 354 g/mol. The second kappa shape index (κ2) is 5.47. The number of aromatic nitrogens is 1. The van der Waals surface area contributed by atoms with Gasteiger partial charge < -0.3 is 0 Å². The highest BCUT2D eigenvalue weighted by atomic mass is 79.9. The van der Waals surface area contributed by atoms with E-state index in [1.807, 2.05) is 12.1 Å². The third kappa shape index (κ3) is 2.41. The predicted molar refractivity (Wildman–Crippen MR) is 86.2 cm³/mol. The number of fused-ring (bicyclic) bond motifs is 1. The predicted octanol–water partition coefficient (Wildman–Crippen LogP) is 4.56. The number of benzene rings is 2. The largest absolute Gasteiger partial charge is 0.298 e. The van der Waals surface area contributed by atoms with E-state index in [9.17, 15) is 9.59 Å². The van der Waals surface area contributed by atoms with E-state index in [1.165, 1.54) is 4.57 Å². The minimum absolute atomic E-state index is 0.228. The molecule has 104 valence electrons. The topological polar surface area (TPSA) is 39.1 Å². The zero-order chi connectivity index (χ0) is 15.0. The van der Waals surface area contributed by atoms with Gasteiger partial charge in [0, 0.05) is 32.2 Å². The van der Waals surface area contributed by atoms with Gasteiger partial charge in [-0.25, -0.2) is 0 Å². The lowest BCUT2D eigenvalue weighted by molar-refractivity contribution is 0.0965. The minimum Gasteiger partial charge on any atom is -0.298 e. The maximum atomic E-state index is 12.6. The fourth-order valence-corrected chi connectivity index (χ4v) is 3.07. The van der Waals surface area contributed by atoms with Crippen molar-refractivity contribution in [1.82, 2.24) is 4.57 Å². The zero-order valence-corrected chi connectivity index (χ0v) is 13.1. The van der Waals surface area contributed by atoms with Gasteiger partial charge in [0.05, 0.1) is 5.52 Å². The van der Waals surface area contributed by atoms with E-state index in [4.69, 9.17) is 11.6 Å². The summed E-state index contributed by atoms with van der Waals surface area (Å²) in [6, 6.07) is 12.2. The Bertz CT molecular complexity index is 870. The summed E-state index contributed by atoms with van der Waals surface area (Å²) in [5, 5.41) is 1.22. The first-order valence-corrected chi connectivity index (χ1v) is 7.34. The molecule has 0 aliphatic carbocycles. The number of carbonyl (C=O) groups excluding carboxylic acids is 2. The number of nitrogens with zero attached hydrogens (tertiary/aromatic N) is 1. The number of rotatable bonds is 2. The Balaban J connectivity index is 2.24. The summed E-state index contributed by atoms with van der Waals surface area (Å²) >= 11 is 9.34. The molecule has 0 spiro atoms. The van der Waals surface area contributed by atoms with Crippen molar-refractivity contribution in [3.05, 3.63) is 69.3 Å². The van der Waals surface area contributed by atoms with Crippen molar-refractivity contribution >= 4 is 50.6 Å². The first-order chi connectivity index (χ1) is 10.1. The summed E-state index contributed by atoms with van der Waals surface area (Å²) in [5.41, 5.74) is 1.61. The van der Waals surface area contributed by atoms with E-state index >= 15 is 0 Å². The summed E-state index contributed by atoms with van der Waals surface area (Å²) < 4.78 is 2.25. The van der Waals surface area contributed by atoms with E-state index < -0.39 is 0 Å². The lowest BCUT2D eigenvalue weighted by atomic mass is 10.2. The Hall–Kier alpha value is -1.91. The van der Waals surface area contributed by atoms with Crippen molar-refractivity contribution in [2.24, 2.45) is 0 Å². The Morgan fingerprint density at radius 1 is 1.19 bits per heavy atom. The normalized spacial score (nSPS) is 10.8. The fourth-order valence-electron chi connectivity index (χ4n) is 2.29. The molecule has 0 radical (unpaired) electrons. The molecule has 21 heavy (non-hydrogen) atoms. The molecule has 0 atom stereocenters. The Labute approximate surface area is 134 Å². The molecule has 2 aromatic carbocycles. The molecule has 0 N–H and O–H groups in total. The number of hydrogen-bond donors (Lipinski definition) is 0. The highest BCUT2D eigenvalue weighted by Crippen LogP contribution is 2.29. The van der Waals surface area contributed by atoms with Crippen LogP contribution in [0.25, 0.3) is 10.9 Å². The Kier molecular flexibility index (Phi) is 3.66. The van der Waals surface area contributed by atoms with Crippen molar-refractivity contribution in [3.63, 3.8) is 0 Å². The fraction of sp³-hybridized carbons (Fsp3) is 0. The van der Waals surface area contributed by atoms with Crippen LogP contribution >= 0.6 is 27.5 Å². The third-order valence-electron chi connectivity index (χ3n) is 3.23. The Morgan fingerprint density at radius 2 is 1.95 bits per heavy atom. The SMILES string of the molecule is O=Cc1cn(C(=O)c2cccc(Cl)c2)c2cccc(Br)c12. The Morgan fingerprint density at radius 3 is 2.67 bits per heavy atom. The van der Waals surface area contributed by atoms with Crippen LogP contribution in [0.2, 0.25) is 5.02 Å². The third-order valence-corrected chi connectivity index (χ3v) is 4.12. The van der Waals surface area contributed by atoms with Gasteiger partial charge in [-0.05, 0) is 30.3 Å². The second-order valence-electron chi connectivity index (χ2n) is 4.52. The van der Waals surface area contributed by atoms with Gasteiger partial charge in [0.25, 0.3) is 5.91 Å². The molecule has 1 heterocycles. The van der Waals surface area contributed by atoms with Gasteiger partial charge in [-0.1, -0.05) is 39.7 Å². The van der Waals surface area contributed by atoms with E-state index in [1.54, 1.807) is 36.5 Å². The molecule has 1 aromatic heterocycles. The molecule has 0 unspecified atom stereocenters. The summed E-state index contributed by atoms with van der Waals surface area (Å²) in [4.78, 5) is 23.9. The van der Waals surface area contributed by atoms with Crippen LogP contribution in [0.5, 0.6) is 0 Å². The van der Waals surface area contributed by atoms with Crippen LogP contribution in [0, 0.1) is 0 Å². The van der Waals surface area contributed by atoms with E-state index in [-0.39, 0.29) is 5.91 Å². The van der Waals surface area contributed by atoms with Gasteiger partial charge in [-0.15, -0.1) is 0 Å². The standard InChI is InChI=1S/C16H9BrClNO2/c17-13-5-2-6-14-15(13)11(9-20)8-19(14)16(21)10-3-1-4-12(18)7-10/h1-9H. The summed E-state index contributed by atoms with van der Waals surface area (Å²) in [6.07, 6.45) is 2.29. The highest BCUT2D eigenvalue weighted by Gasteiger charge is 2.16. The summed E-state index contributed by atoms with van der Waals surface area (Å²) in [5.74, 6) is -0.228. The molecule has 0 saturated heterocycles. The smallest absolute Gasteiger partial charge is 0.262 e. The molecule has 0 fully saturated rings. The summed E-state index contributed by atoms with van der Waals surface area (Å²) in [7, 11) is 0. The molecule has 5 heteroatoms. The van der Waals surface area contributed by atoms with Crippen LogP contribution in [-0.4, -0.2) is 16.8 Å². The second-order valence-corrected chi connectivity index (χ2v) is 5.81. The van der Waals surface area contributed by atoms with Gasteiger partial charge in [-0.2, -0.15) is 0 Å². The van der Waals surface area contributed by atoms with Crippen LogP contribution in [0.3, 0.4) is 0 Å². The van der Waals surface area contributed by atoms with Crippen molar-refractivity contribution in [3.8, 4) is 0 Å². The number of aldehydes is 1. The average Bonchev–Trinajstić information content (AvgIpc) is 2.86. The monoisotopic (exact) mass is 361 g/mol. The van der Waals surface area contributed by atoms with Crippen molar-refractivity contribution in [2.75, 3.05) is 0 Å². The van der Waals surface area contributed by atoms with Gasteiger partial charge in [-0.3, -0.25) is 14.2 Å². The number of carbonyl (C=O) groups is 2. The first kappa shape index (κ1) is 14.0. The lowest BCUT2D eigenvalue weighted by Gasteiger charge is -2.05. The van der Waals surface area contributed by atoms with Crippen LogP contribution in [-0.2, 0) is 0 Å². The number of hydrogen-bond acceptors (Lipinski definition) is 2. The first-order valence-electron chi connectivity index (χ1n) is 6.17. The highest BCUT2D eigenvalue weighted by molar-refractivity contribution is 9.10. The molecule has 0 saturated carbocycles. The minimum atomic E-state index is -0.228. The quantitative estimate of drug-likeness (QED) is 0.627. The number of halogens is 2. The molecule has 0 aliphatic heterocycles. The van der Waals surface area contributed by atoms with E-state index in [0.717, 1.165) is 16.1 Å². The molecule has 0 aliphatic rings. The maximum Gasteiger partial charge on any atom is 0.262 e.